The Morgan fingerprint density at radius 1 is 1.15 bits per heavy atom. The third-order valence-corrected chi connectivity index (χ3v) is 5.75. The van der Waals surface area contributed by atoms with Gasteiger partial charge in [0.2, 0.25) is 0 Å². The van der Waals surface area contributed by atoms with E-state index in [1.54, 1.807) is 12.1 Å². The van der Waals surface area contributed by atoms with Crippen LogP contribution in [-0.2, 0) is 19.3 Å². The van der Waals surface area contributed by atoms with Gasteiger partial charge in [0.1, 0.15) is 5.82 Å². The van der Waals surface area contributed by atoms with Gasteiger partial charge in [0.15, 0.2) is 0 Å². The quantitative estimate of drug-likeness (QED) is 0.505. The van der Waals surface area contributed by atoms with Crippen molar-refractivity contribution in [3.8, 4) is 0 Å². The summed E-state index contributed by atoms with van der Waals surface area (Å²) in [4.78, 5) is 2.75. The van der Waals surface area contributed by atoms with Crippen LogP contribution in [0.15, 0.2) is 30.3 Å². The molecule has 1 atom stereocenters. The van der Waals surface area contributed by atoms with Crippen molar-refractivity contribution < 1.29 is 4.39 Å². The van der Waals surface area contributed by atoms with E-state index in [-0.39, 0.29) is 11.2 Å². The smallest absolute Gasteiger partial charge is 0.123 e. The lowest BCUT2D eigenvalue weighted by atomic mass is 10.1. The average molecular weight is 309 g/mol. The van der Waals surface area contributed by atoms with Crippen LogP contribution in [0.5, 0.6) is 0 Å². The normalized spacial score (nSPS) is 16.5. The molecule has 2 aromatic rings. The number of hydrogen-bond donors (Lipinski definition) is 0. The van der Waals surface area contributed by atoms with Crippen molar-refractivity contribution in [1.29, 1.82) is 0 Å². The summed E-state index contributed by atoms with van der Waals surface area (Å²) in [6.45, 7) is 0. The predicted octanol–water partition coefficient (Wildman–Crippen LogP) is 5.68. The molecule has 3 rings (SSSR count). The Kier molecular flexibility index (Phi) is 4.42. The molecule has 3 heteroatoms. The van der Waals surface area contributed by atoms with E-state index in [1.165, 1.54) is 53.5 Å². The number of fused-ring (bicyclic) bond motifs is 1. The van der Waals surface area contributed by atoms with E-state index in [0.717, 1.165) is 5.56 Å². The molecule has 0 aliphatic heterocycles. The monoisotopic (exact) mass is 308 g/mol. The minimum Gasteiger partial charge on any atom is -0.207 e. The second-order valence-corrected chi connectivity index (χ2v) is 7.15. The fourth-order valence-corrected chi connectivity index (χ4v) is 4.43. The molecule has 0 nitrogen and oxygen atoms in total. The van der Waals surface area contributed by atoms with Crippen molar-refractivity contribution in [1.82, 2.24) is 0 Å². The van der Waals surface area contributed by atoms with E-state index >= 15 is 0 Å². The van der Waals surface area contributed by atoms with E-state index in [0.29, 0.717) is 6.42 Å². The van der Waals surface area contributed by atoms with Crippen molar-refractivity contribution in [2.24, 2.45) is 0 Å². The van der Waals surface area contributed by atoms with E-state index in [4.69, 9.17) is 11.6 Å². The fraction of sp³-hybridized carbons (Fsp3) is 0.412. The highest BCUT2D eigenvalue weighted by Gasteiger charge is 2.17. The lowest BCUT2D eigenvalue weighted by Gasteiger charge is -2.07. The number of hydrogen-bond acceptors (Lipinski definition) is 1. The lowest BCUT2D eigenvalue weighted by Crippen LogP contribution is -1.94. The van der Waals surface area contributed by atoms with E-state index < -0.39 is 0 Å². The van der Waals surface area contributed by atoms with Gasteiger partial charge in [0, 0.05) is 9.75 Å². The zero-order valence-electron chi connectivity index (χ0n) is 11.4. The molecule has 0 amide bonds. The maximum Gasteiger partial charge on any atom is 0.123 e. The van der Waals surface area contributed by atoms with Crippen LogP contribution in [0.4, 0.5) is 4.39 Å². The zero-order chi connectivity index (χ0) is 13.9. The Morgan fingerprint density at radius 3 is 2.85 bits per heavy atom. The molecule has 20 heavy (non-hydrogen) atoms. The molecule has 0 saturated carbocycles. The Balaban J connectivity index is 1.75. The van der Waals surface area contributed by atoms with Gasteiger partial charge >= 0.3 is 0 Å². The first-order valence-electron chi connectivity index (χ1n) is 7.22. The van der Waals surface area contributed by atoms with Crippen LogP contribution in [0, 0.1) is 5.82 Å². The first kappa shape index (κ1) is 14.1. The third-order valence-electron chi connectivity index (χ3n) is 3.88. The van der Waals surface area contributed by atoms with Crippen LogP contribution in [0.2, 0.25) is 0 Å². The van der Waals surface area contributed by atoms with Crippen LogP contribution in [0.3, 0.4) is 0 Å². The first-order chi connectivity index (χ1) is 9.72. The van der Waals surface area contributed by atoms with Gasteiger partial charge in [-0.3, -0.25) is 0 Å². The van der Waals surface area contributed by atoms with E-state index in [2.05, 4.69) is 6.07 Å². The van der Waals surface area contributed by atoms with Gasteiger partial charge in [-0.05, 0) is 61.4 Å². The van der Waals surface area contributed by atoms with Crippen LogP contribution in [-0.4, -0.2) is 0 Å². The Labute approximate surface area is 128 Å². The van der Waals surface area contributed by atoms with Crippen molar-refractivity contribution >= 4 is 22.9 Å². The van der Waals surface area contributed by atoms with Crippen LogP contribution in [0.1, 0.15) is 45.5 Å². The summed E-state index contributed by atoms with van der Waals surface area (Å²) >= 11 is 8.40. The molecule has 0 fully saturated rings. The number of thiophene rings is 1. The van der Waals surface area contributed by atoms with E-state index in [1.807, 2.05) is 17.4 Å². The fourth-order valence-electron chi connectivity index (χ4n) is 2.82. The standard InChI is InChI=1S/C17H18ClFS/c18-15(10-12-5-4-7-14(19)9-12)17-11-13-6-2-1-3-8-16(13)20-17/h4-5,7,9,11,15H,1-3,6,8,10H2. The molecular weight excluding hydrogens is 291 g/mol. The second kappa shape index (κ2) is 6.28. The molecule has 1 aliphatic rings. The number of rotatable bonds is 3. The molecule has 0 radical (unpaired) electrons. The van der Waals surface area contributed by atoms with Gasteiger partial charge in [-0.2, -0.15) is 0 Å². The number of alkyl halides is 1. The summed E-state index contributed by atoms with van der Waals surface area (Å²) in [5.74, 6) is -0.187. The highest BCUT2D eigenvalue weighted by molar-refractivity contribution is 7.12. The van der Waals surface area contributed by atoms with Gasteiger partial charge in [0.05, 0.1) is 5.38 Å². The molecule has 0 spiro atoms. The SMILES string of the molecule is Fc1cccc(CC(Cl)c2cc3c(s2)CCCCC3)c1. The topological polar surface area (TPSA) is 0 Å². The van der Waals surface area contributed by atoms with Crippen LogP contribution >= 0.6 is 22.9 Å². The average Bonchev–Trinajstić information content (AvgIpc) is 2.70. The maximum absolute atomic E-state index is 13.2. The van der Waals surface area contributed by atoms with Crippen LogP contribution < -0.4 is 0 Å². The molecule has 0 saturated heterocycles. The van der Waals surface area contributed by atoms with Gasteiger partial charge in [-0.15, -0.1) is 22.9 Å². The summed E-state index contributed by atoms with van der Waals surface area (Å²) in [6, 6.07) is 9.02. The van der Waals surface area contributed by atoms with Crippen molar-refractivity contribution in [3.63, 3.8) is 0 Å². The zero-order valence-corrected chi connectivity index (χ0v) is 12.9. The predicted molar refractivity (Wildman–Crippen MR) is 84.3 cm³/mol. The molecule has 106 valence electrons. The largest absolute Gasteiger partial charge is 0.207 e. The summed E-state index contributed by atoms with van der Waals surface area (Å²) < 4.78 is 13.2. The molecule has 0 bridgehead atoms. The van der Waals surface area contributed by atoms with Crippen molar-refractivity contribution in [2.45, 2.75) is 43.9 Å². The highest BCUT2D eigenvalue weighted by atomic mass is 35.5. The molecule has 1 heterocycles. The second-order valence-electron chi connectivity index (χ2n) is 5.46. The van der Waals surface area contributed by atoms with Crippen molar-refractivity contribution in [2.75, 3.05) is 0 Å². The highest BCUT2D eigenvalue weighted by Crippen LogP contribution is 2.36. The summed E-state index contributed by atoms with van der Waals surface area (Å²) in [5.41, 5.74) is 2.46. The van der Waals surface area contributed by atoms with Gasteiger partial charge in [0.25, 0.3) is 0 Å². The number of aryl methyl sites for hydroxylation is 2. The summed E-state index contributed by atoms with van der Waals surface area (Å²) in [5, 5.41) is -0.0475. The Bertz CT molecular complexity index is 567. The minimum absolute atomic E-state index is 0.0475. The molecule has 1 aromatic carbocycles. The molecule has 1 unspecified atom stereocenters. The van der Waals surface area contributed by atoms with Gasteiger partial charge in [-0.1, -0.05) is 18.6 Å². The van der Waals surface area contributed by atoms with Gasteiger partial charge < -0.3 is 0 Å². The van der Waals surface area contributed by atoms with Crippen molar-refractivity contribution in [3.05, 3.63) is 57.0 Å². The van der Waals surface area contributed by atoms with E-state index in [9.17, 15) is 4.39 Å². The lowest BCUT2D eigenvalue weighted by molar-refractivity contribution is 0.625. The Hall–Kier alpha value is -0.860. The molecule has 1 aliphatic carbocycles. The maximum atomic E-state index is 13.2. The summed E-state index contributed by atoms with van der Waals surface area (Å²) in [7, 11) is 0. The molecule has 1 aromatic heterocycles. The summed E-state index contributed by atoms with van der Waals surface area (Å²) in [6.07, 6.45) is 7.01. The van der Waals surface area contributed by atoms with Gasteiger partial charge in [-0.25, -0.2) is 4.39 Å². The third kappa shape index (κ3) is 3.24. The molecule has 0 N–H and O–H groups in total. The van der Waals surface area contributed by atoms with Crippen LogP contribution in [0.25, 0.3) is 0 Å². The molecular formula is C17H18ClFS. The first-order valence-corrected chi connectivity index (χ1v) is 8.47. The number of benzene rings is 1. The Morgan fingerprint density at radius 2 is 2.00 bits per heavy atom. The number of halogens is 2. The minimum atomic E-state index is -0.187.